The SMILES string of the molecule is CC1CCN(C(=O)c2cc3nc(-c4ccco4)cc(C(F)(F)F)n3n2)CC1. The maximum absolute atomic E-state index is 13.5. The molecule has 4 rings (SSSR count). The molecule has 1 aliphatic rings. The Morgan fingerprint density at radius 1 is 1.26 bits per heavy atom. The number of amides is 1. The standard InChI is InChI=1S/C18H17F3N4O2/c1-11-4-6-24(7-5-11)17(26)13-10-16-22-12(14-3-2-8-27-14)9-15(18(19,20)21)25(16)23-13/h2-3,8-11H,4-7H2,1H3. The Hall–Kier alpha value is -2.84. The average molecular weight is 378 g/mol. The molecule has 0 N–H and O–H groups in total. The molecule has 3 aromatic heterocycles. The van der Waals surface area contributed by atoms with Crippen molar-refractivity contribution in [3.8, 4) is 11.5 Å². The van der Waals surface area contributed by atoms with Crippen molar-refractivity contribution in [1.29, 1.82) is 0 Å². The van der Waals surface area contributed by atoms with Crippen LogP contribution < -0.4 is 0 Å². The van der Waals surface area contributed by atoms with E-state index in [9.17, 15) is 18.0 Å². The van der Waals surface area contributed by atoms with Crippen LogP contribution in [0.1, 0.15) is 35.9 Å². The van der Waals surface area contributed by atoms with Gasteiger partial charge >= 0.3 is 6.18 Å². The van der Waals surface area contributed by atoms with Crippen molar-refractivity contribution in [3.05, 3.63) is 41.9 Å². The molecule has 0 saturated carbocycles. The molecule has 1 fully saturated rings. The van der Waals surface area contributed by atoms with E-state index in [0.29, 0.717) is 23.5 Å². The highest BCUT2D eigenvalue weighted by molar-refractivity contribution is 5.93. The number of rotatable bonds is 2. The molecule has 0 bridgehead atoms. The lowest BCUT2D eigenvalue weighted by Gasteiger charge is -2.29. The molecular weight excluding hydrogens is 361 g/mol. The van der Waals surface area contributed by atoms with E-state index in [-0.39, 0.29) is 28.7 Å². The third-order valence-corrected chi connectivity index (χ3v) is 4.78. The van der Waals surface area contributed by atoms with Crippen molar-refractivity contribution >= 4 is 11.6 Å². The molecule has 6 nitrogen and oxygen atoms in total. The molecule has 0 spiro atoms. The predicted molar refractivity (Wildman–Crippen MR) is 90.0 cm³/mol. The summed E-state index contributed by atoms with van der Waals surface area (Å²) in [5.41, 5.74) is -1.07. The topological polar surface area (TPSA) is 63.6 Å². The number of fused-ring (bicyclic) bond motifs is 1. The molecule has 1 amide bonds. The van der Waals surface area contributed by atoms with E-state index in [2.05, 4.69) is 17.0 Å². The van der Waals surface area contributed by atoms with E-state index in [0.717, 1.165) is 18.9 Å². The quantitative estimate of drug-likeness (QED) is 0.679. The molecular formula is C18H17F3N4O2. The molecule has 1 saturated heterocycles. The van der Waals surface area contributed by atoms with Gasteiger partial charge in [-0.2, -0.15) is 18.3 Å². The van der Waals surface area contributed by atoms with Crippen LogP contribution in [-0.4, -0.2) is 38.5 Å². The molecule has 0 aliphatic carbocycles. The Morgan fingerprint density at radius 2 is 2.00 bits per heavy atom. The van der Waals surface area contributed by atoms with Crippen molar-refractivity contribution in [2.45, 2.75) is 25.9 Å². The zero-order valence-corrected chi connectivity index (χ0v) is 14.5. The highest BCUT2D eigenvalue weighted by Gasteiger charge is 2.36. The second kappa shape index (κ2) is 6.40. The minimum absolute atomic E-state index is 0.0329. The molecule has 0 radical (unpaired) electrons. The fourth-order valence-electron chi connectivity index (χ4n) is 3.21. The number of hydrogen-bond acceptors (Lipinski definition) is 4. The van der Waals surface area contributed by atoms with Crippen LogP contribution >= 0.6 is 0 Å². The van der Waals surface area contributed by atoms with Gasteiger partial charge in [-0.3, -0.25) is 4.79 Å². The highest BCUT2D eigenvalue weighted by Crippen LogP contribution is 2.32. The molecule has 0 unspecified atom stereocenters. The summed E-state index contributed by atoms with van der Waals surface area (Å²) in [5.74, 6) is 0.367. The van der Waals surface area contributed by atoms with Gasteiger partial charge in [0.2, 0.25) is 0 Å². The summed E-state index contributed by atoms with van der Waals surface area (Å²) >= 11 is 0. The number of furan rings is 1. The smallest absolute Gasteiger partial charge is 0.433 e. The van der Waals surface area contributed by atoms with Gasteiger partial charge in [-0.1, -0.05) is 6.92 Å². The first-order chi connectivity index (χ1) is 12.8. The van der Waals surface area contributed by atoms with Crippen LogP contribution in [-0.2, 0) is 6.18 Å². The molecule has 142 valence electrons. The number of carbonyl (C=O) groups excluding carboxylic acids is 1. The van der Waals surface area contributed by atoms with E-state index in [1.807, 2.05) is 0 Å². The van der Waals surface area contributed by atoms with Crippen molar-refractivity contribution in [3.63, 3.8) is 0 Å². The summed E-state index contributed by atoms with van der Waals surface area (Å²) in [7, 11) is 0. The molecule has 1 aliphatic heterocycles. The maximum Gasteiger partial charge on any atom is 0.433 e. The Bertz CT molecular complexity index is 971. The van der Waals surface area contributed by atoms with Crippen LogP contribution in [0.4, 0.5) is 13.2 Å². The minimum Gasteiger partial charge on any atom is -0.463 e. The second-order valence-electron chi connectivity index (χ2n) is 6.78. The summed E-state index contributed by atoms with van der Waals surface area (Å²) in [6.07, 6.45) is -1.56. The molecule has 27 heavy (non-hydrogen) atoms. The third kappa shape index (κ3) is 3.29. The molecule has 9 heteroatoms. The van der Waals surface area contributed by atoms with Crippen LogP contribution in [0, 0.1) is 5.92 Å². The van der Waals surface area contributed by atoms with E-state index < -0.39 is 11.9 Å². The molecule has 0 aromatic carbocycles. The van der Waals surface area contributed by atoms with Crippen molar-refractivity contribution in [2.75, 3.05) is 13.1 Å². The van der Waals surface area contributed by atoms with Crippen molar-refractivity contribution in [2.24, 2.45) is 5.92 Å². The van der Waals surface area contributed by atoms with Gasteiger partial charge in [-0.25, -0.2) is 9.50 Å². The van der Waals surface area contributed by atoms with Gasteiger partial charge in [-0.15, -0.1) is 0 Å². The fraction of sp³-hybridized carbons (Fsp3) is 0.389. The molecule has 3 aromatic rings. The normalized spacial score (nSPS) is 16.2. The Kier molecular flexibility index (Phi) is 4.16. The van der Waals surface area contributed by atoms with E-state index >= 15 is 0 Å². The summed E-state index contributed by atoms with van der Waals surface area (Å²) in [5, 5.41) is 3.91. The van der Waals surface area contributed by atoms with Crippen LogP contribution in [0.25, 0.3) is 17.1 Å². The zero-order chi connectivity index (χ0) is 19.2. The number of likely N-dealkylation sites (tertiary alicyclic amines) is 1. The first kappa shape index (κ1) is 17.6. The lowest BCUT2D eigenvalue weighted by molar-refractivity contribution is -0.142. The van der Waals surface area contributed by atoms with E-state index in [1.54, 1.807) is 11.0 Å². The van der Waals surface area contributed by atoms with Gasteiger partial charge in [0.25, 0.3) is 5.91 Å². The fourth-order valence-corrected chi connectivity index (χ4v) is 3.21. The summed E-state index contributed by atoms with van der Waals surface area (Å²) < 4.78 is 46.4. The van der Waals surface area contributed by atoms with Crippen LogP contribution in [0.3, 0.4) is 0 Å². The van der Waals surface area contributed by atoms with E-state index in [1.165, 1.54) is 18.4 Å². The first-order valence-electron chi connectivity index (χ1n) is 8.64. The number of halogens is 3. The lowest BCUT2D eigenvalue weighted by Crippen LogP contribution is -2.38. The monoisotopic (exact) mass is 378 g/mol. The van der Waals surface area contributed by atoms with Gasteiger partial charge < -0.3 is 9.32 Å². The maximum atomic E-state index is 13.5. The van der Waals surface area contributed by atoms with Gasteiger partial charge in [0.15, 0.2) is 22.8 Å². The number of hydrogen-bond donors (Lipinski definition) is 0. The number of piperidine rings is 1. The third-order valence-electron chi connectivity index (χ3n) is 4.78. The Morgan fingerprint density at radius 3 is 2.63 bits per heavy atom. The molecule has 0 atom stereocenters. The summed E-state index contributed by atoms with van der Waals surface area (Å²) in [4.78, 5) is 18.5. The zero-order valence-electron chi connectivity index (χ0n) is 14.5. The van der Waals surface area contributed by atoms with Crippen LogP contribution in [0.15, 0.2) is 34.9 Å². The second-order valence-corrected chi connectivity index (χ2v) is 6.78. The van der Waals surface area contributed by atoms with Gasteiger partial charge in [-0.05, 0) is 37.0 Å². The van der Waals surface area contributed by atoms with E-state index in [4.69, 9.17) is 4.42 Å². The van der Waals surface area contributed by atoms with Gasteiger partial charge in [0, 0.05) is 19.2 Å². The number of aromatic nitrogens is 3. The Labute approximate surface area is 152 Å². The summed E-state index contributed by atoms with van der Waals surface area (Å²) in [6, 6.07) is 5.26. The first-order valence-corrected chi connectivity index (χ1v) is 8.64. The van der Waals surface area contributed by atoms with Gasteiger partial charge in [0.05, 0.1) is 6.26 Å². The highest BCUT2D eigenvalue weighted by atomic mass is 19.4. The number of alkyl halides is 3. The number of nitrogens with zero attached hydrogens (tertiary/aromatic N) is 4. The molecule has 4 heterocycles. The Balaban J connectivity index is 1.77. The largest absolute Gasteiger partial charge is 0.463 e. The van der Waals surface area contributed by atoms with Gasteiger partial charge in [0.1, 0.15) is 5.69 Å². The summed E-state index contributed by atoms with van der Waals surface area (Å²) in [6.45, 7) is 3.26. The van der Waals surface area contributed by atoms with Crippen molar-refractivity contribution in [1.82, 2.24) is 19.5 Å². The van der Waals surface area contributed by atoms with Crippen LogP contribution in [0.2, 0.25) is 0 Å². The average Bonchev–Trinajstić information content (AvgIpc) is 3.29. The van der Waals surface area contributed by atoms with Crippen LogP contribution in [0.5, 0.6) is 0 Å². The predicted octanol–water partition coefficient (Wildman–Crippen LogP) is 3.88. The lowest BCUT2D eigenvalue weighted by atomic mass is 9.99. The minimum atomic E-state index is -4.66. The number of carbonyl (C=O) groups is 1. The van der Waals surface area contributed by atoms with Crippen molar-refractivity contribution < 1.29 is 22.4 Å².